The first kappa shape index (κ1) is 15.4. The summed E-state index contributed by atoms with van der Waals surface area (Å²) in [7, 11) is 0. The number of hydrogen-bond acceptors (Lipinski definition) is 4. The van der Waals surface area contributed by atoms with E-state index in [1.807, 2.05) is 38.1 Å². The molecule has 118 valence electrons. The Morgan fingerprint density at radius 1 is 1.17 bits per heavy atom. The molecule has 3 rings (SSSR count). The zero-order chi connectivity index (χ0) is 16.4. The van der Waals surface area contributed by atoms with Gasteiger partial charge in [0.2, 0.25) is 0 Å². The van der Waals surface area contributed by atoms with Crippen LogP contribution in [0.15, 0.2) is 24.3 Å². The van der Waals surface area contributed by atoms with Crippen LogP contribution >= 0.6 is 0 Å². The molecule has 1 aliphatic rings. The molecule has 4 heteroatoms. The Morgan fingerprint density at radius 3 is 2.52 bits per heavy atom. The number of nitrogens with two attached hydrogens (primary N) is 1. The van der Waals surface area contributed by atoms with Crippen LogP contribution < -0.4 is 10.5 Å². The SMILES string of the molecule is CC(C)Oc1ccc(-c2c(C#N)c(N)nc3c2CCCC3)cc1. The van der Waals surface area contributed by atoms with Crippen molar-refractivity contribution in [3.63, 3.8) is 0 Å². The maximum Gasteiger partial charge on any atom is 0.142 e. The normalized spacial score (nSPS) is 13.5. The van der Waals surface area contributed by atoms with Gasteiger partial charge >= 0.3 is 0 Å². The van der Waals surface area contributed by atoms with Crippen molar-refractivity contribution in [2.75, 3.05) is 5.73 Å². The summed E-state index contributed by atoms with van der Waals surface area (Å²) in [5.41, 5.74) is 10.7. The number of fused-ring (bicyclic) bond motifs is 1. The van der Waals surface area contributed by atoms with Gasteiger partial charge in [-0.1, -0.05) is 12.1 Å². The molecule has 0 spiro atoms. The minimum atomic E-state index is 0.139. The van der Waals surface area contributed by atoms with Crippen LogP contribution in [-0.4, -0.2) is 11.1 Å². The topological polar surface area (TPSA) is 71.9 Å². The highest BCUT2D eigenvalue weighted by Crippen LogP contribution is 2.36. The minimum Gasteiger partial charge on any atom is -0.491 e. The smallest absolute Gasteiger partial charge is 0.142 e. The number of benzene rings is 1. The van der Waals surface area contributed by atoms with Crippen molar-refractivity contribution >= 4 is 5.82 Å². The second-order valence-electron chi connectivity index (χ2n) is 6.18. The number of nitriles is 1. The van der Waals surface area contributed by atoms with Crippen LogP contribution in [0.1, 0.15) is 43.5 Å². The van der Waals surface area contributed by atoms with E-state index in [-0.39, 0.29) is 6.10 Å². The fourth-order valence-electron chi connectivity index (χ4n) is 3.17. The lowest BCUT2D eigenvalue weighted by atomic mass is 9.86. The fraction of sp³-hybridized carbons (Fsp3) is 0.368. The van der Waals surface area contributed by atoms with Crippen LogP contribution in [0.2, 0.25) is 0 Å². The predicted octanol–water partition coefficient (Wildman–Crippen LogP) is 3.87. The number of ether oxygens (including phenoxy) is 1. The Balaban J connectivity index is 2.11. The van der Waals surface area contributed by atoms with Crippen molar-refractivity contribution in [3.05, 3.63) is 41.1 Å². The lowest BCUT2D eigenvalue weighted by Crippen LogP contribution is -2.11. The average Bonchev–Trinajstić information content (AvgIpc) is 2.54. The summed E-state index contributed by atoms with van der Waals surface area (Å²) in [6.07, 6.45) is 4.29. The first-order valence-corrected chi connectivity index (χ1v) is 8.08. The zero-order valence-corrected chi connectivity index (χ0v) is 13.6. The molecule has 4 nitrogen and oxygen atoms in total. The van der Waals surface area contributed by atoms with Crippen LogP contribution in [0.25, 0.3) is 11.1 Å². The van der Waals surface area contributed by atoms with Gasteiger partial charge in [-0.3, -0.25) is 0 Å². The maximum absolute atomic E-state index is 9.54. The third-order valence-electron chi connectivity index (χ3n) is 4.13. The van der Waals surface area contributed by atoms with Crippen LogP contribution in [0.3, 0.4) is 0 Å². The van der Waals surface area contributed by atoms with E-state index in [0.29, 0.717) is 11.4 Å². The Morgan fingerprint density at radius 2 is 1.87 bits per heavy atom. The van der Waals surface area contributed by atoms with Crippen molar-refractivity contribution in [3.8, 4) is 22.9 Å². The Labute approximate surface area is 136 Å². The highest BCUT2D eigenvalue weighted by atomic mass is 16.5. The number of rotatable bonds is 3. The van der Waals surface area contributed by atoms with Crippen LogP contribution in [0, 0.1) is 11.3 Å². The molecule has 1 aliphatic carbocycles. The van der Waals surface area contributed by atoms with Gasteiger partial charge in [-0.05, 0) is 62.8 Å². The summed E-state index contributed by atoms with van der Waals surface area (Å²) in [6, 6.07) is 10.1. The first-order chi connectivity index (χ1) is 11.1. The Hall–Kier alpha value is -2.54. The van der Waals surface area contributed by atoms with Gasteiger partial charge < -0.3 is 10.5 Å². The largest absolute Gasteiger partial charge is 0.491 e. The molecule has 2 aromatic rings. The van der Waals surface area contributed by atoms with Gasteiger partial charge in [0.1, 0.15) is 23.2 Å². The molecule has 0 saturated carbocycles. The summed E-state index contributed by atoms with van der Waals surface area (Å²) in [4.78, 5) is 4.46. The van der Waals surface area contributed by atoms with Crippen LogP contribution in [-0.2, 0) is 12.8 Å². The van der Waals surface area contributed by atoms with E-state index >= 15 is 0 Å². The van der Waals surface area contributed by atoms with Gasteiger partial charge in [-0.25, -0.2) is 4.98 Å². The number of nitrogens with zero attached hydrogens (tertiary/aromatic N) is 2. The van der Waals surface area contributed by atoms with Gasteiger partial charge in [0.05, 0.1) is 6.10 Å². The molecule has 0 unspecified atom stereocenters. The number of nitrogen functional groups attached to an aromatic ring is 1. The highest BCUT2D eigenvalue weighted by Gasteiger charge is 2.21. The number of aromatic nitrogens is 1. The minimum absolute atomic E-state index is 0.139. The lowest BCUT2D eigenvalue weighted by Gasteiger charge is -2.21. The Kier molecular flexibility index (Phi) is 4.20. The van der Waals surface area contributed by atoms with Crippen molar-refractivity contribution in [1.82, 2.24) is 4.98 Å². The van der Waals surface area contributed by atoms with Crippen LogP contribution in [0.5, 0.6) is 5.75 Å². The summed E-state index contributed by atoms with van der Waals surface area (Å²) in [5, 5.41) is 9.54. The standard InChI is InChI=1S/C19H21N3O/c1-12(2)23-14-9-7-13(8-10-14)18-15-5-3-4-6-17(15)22-19(21)16(18)11-20/h7-10,12H,3-6H2,1-2H3,(H2,21,22). The molecule has 0 bridgehead atoms. The monoisotopic (exact) mass is 307 g/mol. The summed E-state index contributed by atoms with van der Waals surface area (Å²) in [5.74, 6) is 1.17. The molecule has 0 fully saturated rings. The molecule has 0 radical (unpaired) electrons. The van der Waals surface area contributed by atoms with E-state index in [1.54, 1.807) is 0 Å². The quantitative estimate of drug-likeness (QED) is 0.934. The summed E-state index contributed by atoms with van der Waals surface area (Å²) in [6.45, 7) is 4.00. The molecule has 23 heavy (non-hydrogen) atoms. The number of hydrogen-bond donors (Lipinski definition) is 1. The van der Waals surface area contributed by atoms with Crippen LogP contribution in [0.4, 0.5) is 5.82 Å². The van der Waals surface area contributed by atoms with Gasteiger partial charge in [0.25, 0.3) is 0 Å². The van der Waals surface area contributed by atoms with E-state index in [2.05, 4.69) is 11.1 Å². The number of pyridine rings is 1. The molecule has 2 N–H and O–H groups in total. The molecule has 0 aliphatic heterocycles. The number of aryl methyl sites for hydroxylation is 1. The van der Waals surface area contributed by atoms with E-state index in [4.69, 9.17) is 10.5 Å². The first-order valence-electron chi connectivity index (χ1n) is 8.08. The third kappa shape index (κ3) is 3.00. The molecule has 1 heterocycles. The van der Waals surface area contributed by atoms with Gasteiger partial charge in [0, 0.05) is 11.3 Å². The molecule has 1 aromatic heterocycles. The van der Waals surface area contributed by atoms with Crippen molar-refractivity contribution in [1.29, 1.82) is 5.26 Å². The highest BCUT2D eigenvalue weighted by molar-refractivity contribution is 5.79. The third-order valence-corrected chi connectivity index (χ3v) is 4.13. The van der Waals surface area contributed by atoms with Crippen molar-refractivity contribution in [2.45, 2.75) is 45.6 Å². The predicted molar refractivity (Wildman–Crippen MR) is 91.2 cm³/mol. The fourth-order valence-corrected chi connectivity index (χ4v) is 3.17. The molecular weight excluding hydrogens is 286 g/mol. The van der Waals surface area contributed by atoms with E-state index < -0.39 is 0 Å². The molecule has 0 saturated heterocycles. The van der Waals surface area contributed by atoms with E-state index in [0.717, 1.165) is 48.3 Å². The number of anilines is 1. The van der Waals surface area contributed by atoms with Crippen molar-refractivity contribution < 1.29 is 4.74 Å². The molecule has 0 atom stereocenters. The van der Waals surface area contributed by atoms with E-state index in [1.165, 1.54) is 5.56 Å². The second-order valence-corrected chi connectivity index (χ2v) is 6.18. The Bertz CT molecular complexity index is 758. The molecule has 1 aromatic carbocycles. The maximum atomic E-state index is 9.54. The van der Waals surface area contributed by atoms with Gasteiger partial charge in [-0.15, -0.1) is 0 Å². The molecule has 0 amide bonds. The molecular formula is C19H21N3O. The second kappa shape index (κ2) is 6.29. The summed E-state index contributed by atoms with van der Waals surface area (Å²) < 4.78 is 5.70. The van der Waals surface area contributed by atoms with Gasteiger partial charge in [0.15, 0.2) is 0 Å². The zero-order valence-electron chi connectivity index (χ0n) is 13.6. The summed E-state index contributed by atoms with van der Waals surface area (Å²) >= 11 is 0. The van der Waals surface area contributed by atoms with E-state index in [9.17, 15) is 5.26 Å². The lowest BCUT2D eigenvalue weighted by molar-refractivity contribution is 0.242. The van der Waals surface area contributed by atoms with Crippen molar-refractivity contribution in [2.24, 2.45) is 0 Å². The van der Waals surface area contributed by atoms with Gasteiger partial charge in [-0.2, -0.15) is 5.26 Å². The average molecular weight is 307 g/mol.